The number of nitrogens with zero attached hydrogens (tertiary/aromatic N) is 1. The van der Waals surface area contributed by atoms with Crippen molar-refractivity contribution in [1.82, 2.24) is 5.32 Å². The summed E-state index contributed by atoms with van der Waals surface area (Å²) in [6.07, 6.45) is 1.48. The van der Waals surface area contributed by atoms with Crippen LogP contribution in [0.5, 0.6) is 23.0 Å². The van der Waals surface area contributed by atoms with E-state index in [1.807, 2.05) is 24.3 Å². The van der Waals surface area contributed by atoms with Gasteiger partial charge >= 0.3 is 0 Å². The Labute approximate surface area is 202 Å². The van der Waals surface area contributed by atoms with Crippen LogP contribution in [0.2, 0.25) is 5.02 Å². The van der Waals surface area contributed by atoms with Crippen molar-refractivity contribution < 1.29 is 23.7 Å². The van der Waals surface area contributed by atoms with Gasteiger partial charge in [-0.2, -0.15) is 5.26 Å². The van der Waals surface area contributed by atoms with Gasteiger partial charge < -0.3 is 24.3 Å². The van der Waals surface area contributed by atoms with Crippen molar-refractivity contribution in [2.24, 2.45) is 0 Å². The maximum absolute atomic E-state index is 12.7. The maximum atomic E-state index is 12.7. The predicted octanol–water partition coefficient (Wildman–Crippen LogP) is 4.88. The van der Waals surface area contributed by atoms with Gasteiger partial charge in [0, 0.05) is 17.1 Å². The first-order chi connectivity index (χ1) is 16.6. The van der Waals surface area contributed by atoms with Crippen LogP contribution in [-0.4, -0.2) is 19.8 Å². The zero-order chi connectivity index (χ0) is 23.9. The summed E-state index contributed by atoms with van der Waals surface area (Å²) in [5.41, 5.74) is 2.21. The van der Waals surface area contributed by atoms with Gasteiger partial charge in [0.15, 0.2) is 23.0 Å². The molecule has 0 saturated carbocycles. The number of benzene rings is 3. The Bertz CT molecular complexity index is 1270. The summed E-state index contributed by atoms with van der Waals surface area (Å²) in [6.45, 7) is 0.665. The molecule has 1 amide bonds. The van der Waals surface area contributed by atoms with Crippen molar-refractivity contribution in [2.75, 3.05) is 13.9 Å². The number of fused-ring (bicyclic) bond motifs is 1. The highest BCUT2D eigenvalue weighted by atomic mass is 35.5. The molecule has 8 heteroatoms. The third-order valence-electron chi connectivity index (χ3n) is 5.08. The van der Waals surface area contributed by atoms with E-state index in [1.165, 1.54) is 13.2 Å². The Morgan fingerprint density at radius 3 is 2.65 bits per heavy atom. The number of nitrogens with one attached hydrogen (secondary N) is 1. The number of carbonyl (C=O) groups excluding carboxylic acids is 1. The molecule has 1 N–H and O–H groups in total. The smallest absolute Gasteiger partial charge is 0.262 e. The van der Waals surface area contributed by atoms with Crippen LogP contribution in [0.15, 0.2) is 66.2 Å². The van der Waals surface area contributed by atoms with E-state index in [0.717, 1.165) is 11.1 Å². The van der Waals surface area contributed by atoms with Gasteiger partial charge in [-0.25, -0.2) is 0 Å². The molecule has 0 fully saturated rings. The fourth-order valence-corrected chi connectivity index (χ4v) is 3.46. The molecule has 3 aromatic rings. The highest BCUT2D eigenvalue weighted by molar-refractivity contribution is 6.30. The maximum Gasteiger partial charge on any atom is 0.262 e. The monoisotopic (exact) mass is 476 g/mol. The lowest BCUT2D eigenvalue weighted by Crippen LogP contribution is -2.24. The molecule has 34 heavy (non-hydrogen) atoms. The first-order valence-electron chi connectivity index (χ1n) is 10.4. The highest BCUT2D eigenvalue weighted by Crippen LogP contribution is 2.34. The number of amides is 1. The van der Waals surface area contributed by atoms with Crippen LogP contribution in [0.25, 0.3) is 6.08 Å². The summed E-state index contributed by atoms with van der Waals surface area (Å²) in [5, 5.41) is 13.0. The molecule has 0 unspecified atom stereocenters. The standard InChI is InChI=1S/C26H21ClN2O5/c1-31-23-4-2-3-19(25(23)32-15-17-5-8-21(27)9-6-17)12-20(13-28)26(30)29-14-18-7-10-22-24(11-18)34-16-33-22/h2-12H,14-16H2,1H3,(H,29,30). The molecule has 0 atom stereocenters. The predicted molar refractivity (Wildman–Crippen MR) is 127 cm³/mol. The van der Waals surface area contributed by atoms with E-state index in [1.54, 1.807) is 42.5 Å². The zero-order valence-corrected chi connectivity index (χ0v) is 19.1. The molecule has 0 saturated heterocycles. The fraction of sp³-hybridized carbons (Fsp3) is 0.154. The number of hydrogen-bond acceptors (Lipinski definition) is 6. The van der Waals surface area contributed by atoms with Gasteiger partial charge in [-0.1, -0.05) is 41.9 Å². The molecule has 0 spiro atoms. The second-order valence-corrected chi connectivity index (χ2v) is 7.77. The molecule has 4 rings (SSSR count). The third kappa shape index (κ3) is 5.42. The SMILES string of the molecule is COc1cccc(C=C(C#N)C(=O)NCc2ccc3c(c2)OCO3)c1OCc1ccc(Cl)cc1. The molecule has 0 radical (unpaired) electrons. The quantitative estimate of drug-likeness (QED) is 0.368. The largest absolute Gasteiger partial charge is 0.493 e. The highest BCUT2D eigenvalue weighted by Gasteiger charge is 2.16. The van der Waals surface area contributed by atoms with Gasteiger partial charge in [0.2, 0.25) is 6.79 Å². The molecule has 1 aliphatic rings. The van der Waals surface area contributed by atoms with E-state index in [9.17, 15) is 10.1 Å². The summed E-state index contributed by atoms with van der Waals surface area (Å²) < 4.78 is 22.1. The van der Waals surface area contributed by atoms with E-state index < -0.39 is 5.91 Å². The second kappa shape index (κ2) is 10.6. The Hall–Kier alpha value is -4.15. The minimum atomic E-state index is -0.508. The number of halogens is 1. The van der Waals surface area contributed by atoms with Crippen LogP contribution in [0, 0.1) is 11.3 Å². The Morgan fingerprint density at radius 2 is 1.88 bits per heavy atom. The molecular formula is C26H21ClN2O5. The zero-order valence-electron chi connectivity index (χ0n) is 18.3. The van der Waals surface area contributed by atoms with Crippen molar-refractivity contribution in [3.63, 3.8) is 0 Å². The van der Waals surface area contributed by atoms with Crippen LogP contribution in [0.1, 0.15) is 16.7 Å². The van der Waals surface area contributed by atoms with Crippen LogP contribution in [0.3, 0.4) is 0 Å². The van der Waals surface area contributed by atoms with E-state index in [2.05, 4.69) is 5.32 Å². The van der Waals surface area contributed by atoms with Crippen molar-refractivity contribution >= 4 is 23.6 Å². The minimum Gasteiger partial charge on any atom is -0.493 e. The third-order valence-corrected chi connectivity index (χ3v) is 5.33. The lowest BCUT2D eigenvalue weighted by atomic mass is 10.1. The Kier molecular flexibility index (Phi) is 7.21. The van der Waals surface area contributed by atoms with Crippen molar-refractivity contribution in [2.45, 2.75) is 13.2 Å². The molecule has 1 heterocycles. The summed E-state index contributed by atoms with van der Waals surface area (Å²) in [6, 6.07) is 19.9. The Balaban J connectivity index is 1.50. The van der Waals surface area contributed by atoms with Gasteiger partial charge in [0.05, 0.1) is 7.11 Å². The van der Waals surface area contributed by atoms with Crippen molar-refractivity contribution in [3.05, 3.63) is 87.9 Å². The van der Waals surface area contributed by atoms with Crippen LogP contribution in [-0.2, 0) is 17.9 Å². The van der Waals surface area contributed by atoms with Gasteiger partial charge in [-0.05, 0) is 47.5 Å². The first-order valence-corrected chi connectivity index (χ1v) is 10.8. The number of methoxy groups -OCH3 is 1. The number of carbonyl (C=O) groups is 1. The number of rotatable bonds is 8. The average Bonchev–Trinajstić information content (AvgIpc) is 3.33. The molecule has 0 aliphatic carbocycles. The molecule has 0 aromatic heterocycles. The molecule has 172 valence electrons. The summed E-state index contributed by atoms with van der Waals surface area (Å²) >= 11 is 5.95. The number of nitriles is 1. The van der Waals surface area contributed by atoms with Crippen molar-refractivity contribution in [1.29, 1.82) is 5.26 Å². The topological polar surface area (TPSA) is 89.8 Å². The van der Waals surface area contributed by atoms with Gasteiger partial charge in [0.25, 0.3) is 5.91 Å². The van der Waals surface area contributed by atoms with Crippen molar-refractivity contribution in [3.8, 4) is 29.1 Å². The molecule has 1 aliphatic heterocycles. The number of hydrogen-bond donors (Lipinski definition) is 1. The number of para-hydroxylation sites is 1. The van der Waals surface area contributed by atoms with Crippen LogP contribution < -0.4 is 24.3 Å². The lowest BCUT2D eigenvalue weighted by Gasteiger charge is -2.14. The molecular weight excluding hydrogens is 456 g/mol. The normalized spacial score (nSPS) is 12.1. The van der Waals surface area contributed by atoms with E-state index in [-0.39, 0.29) is 25.5 Å². The summed E-state index contributed by atoms with van der Waals surface area (Å²) in [7, 11) is 1.53. The Morgan fingerprint density at radius 1 is 1.12 bits per heavy atom. The second-order valence-electron chi connectivity index (χ2n) is 7.33. The van der Waals surface area contributed by atoms with Gasteiger partial charge in [0.1, 0.15) is 18.2 Å². The molecule has 3 aromatic carbocycles. The fourth-order valence-electron chi connectivity index (χ4n) is 3.33. The summed E-state index contributed by atoms with van der Waals surface area (Å²) in [5.74, 6) is 1.70. The molecule has 0 bridgehead atoms. The van der Waals surface area contributed by atoms with Crippen LogP contribution >= 0.6 is 11.6 Å². The van der Waals surface area contributed by atoms with Gasteiger partial charge in [-0.15, -0.1) is 0 Å². The number of ether oxygens (including phenoxy) is 4. The van der Waals surface area contributed by atoms with Gasteiger partial charge in [-0.3, -0.25) is 4.79 Å². The minimum absolute atomic E-state index is 0.0645. The van der Waals surface area contributed by atoms with Crippen LogP contribution in [0.4, 0.5) is 0 Å². The van der Waals surface area contributed by atoms with E-state index in [0.29, 0.717) is 33.6 Å². The van der Waals surface area contributed by atoms with E-state index >= 15 is 0 Å². The lowest BCUT2D eigenvalue weighted by molar-refractivity contribution is -0.117. The summed E-state index contributed by atoms with van der Waals surface area (Å²) in [4.78, 5) is 12.7. The average molecular weight is 477 g/mol. The first kappa shape index (κ1) is 23.0. The molecule has 7 nitrogen and oxygen atoms in total. The van der Waals surface area contributed by atoms with E-state index in [4.69, 9.17) is 30.5 Å².